The van der Waals surface area contributed by atoms with Crippen LogP contribution in [0.15, 0.2) is 24.3 Å². The van der Waals surface area contributed by atoms with E-state index in [0.29, 0.717) is 14.2 Å². The molecule has 1 aromatic heterocycles. The van der Waals surface area contributed by atoms with E-state index >= 15 is 0 Å². The molecule has 0 saturated carbocycles. The third-order valence-corrected chi connectivity index (χ3v) is 4.34. The fourth-order valence-corrected chi connectivity index (χ4v) is 3.17. The van der Waals surface area contributed by atoms with E-state index in [4.69, 9.17) is 23.2 Å². The van der Waals surface area contributed by atoms with E-state index < -0.39 is 6.10 Å². The molecule has 1 unspecified atom stereocenters. The SMILES string of the molecule is Cc1ccc(C(O)c2cc(Cl)sc2Cl)cc1C. The Hall–Kier alpha value is -0.540. The molecule has 0 amide bonds. The number of hydrogen-bond acceptors (Lipinski definition) is 2. The van der Waals surface area contributed by atoms with Crippen LogP contribution in [0.2, 0.25) is 8.67 Å². The van der Waals surface area contributed by atoms with Crippen molar-refractivity contribution in [1.29, 1.82) is 0 Å². The molecule has 17 heavy (non-hydrogen) atoms. The summed E-state index contributed by atoms with van der Waals surface area (Å²) < 4.78 is 1.13. The van der Waals surface area contributed by atoms with Gasteiger partial charge in [-0.1, -0.05) is 41.4 Å². The third-order valence-electron chi connectivity index (χ3n) is 2.82. The summed E-state index contributed by atoms with van der Waals surface area (Å²) in [6, 6.07) is 7.60. The molecule has 2 aromatic rings. The van der Waals surface area contributed by atoms with E-state index in [2.05, 4.69) is 0 Å². The normalized spacial score (nSPS) is 12.8. The quantitative estimate of drug-likeness (QED) is 0.844. The Labute approximate surface area is 115 Å². The summed E-state index contributed by atoms with van der Waals surface area (Å²) in [5.74, 6) is 0. The van der Waals surface area contributed by atoms with Crippen LogP contribution in [0.1, 0.15) is 28.4 Å². The molecule has 0 fully saturated rings. The van der Waals surface area contributed by atoms with Gasteiger partial charge in [-0.25, -0.2) is 0 Å². The van der Waals surface area contributed by atoms with Crippen molar-refractivity contribution in [1.82, 2.24) is 0 Å². The van der Waals surface area contributed by atoms with Crippen molar-refractivity contribution < 1.29 is 5.11 Å². The van der Waals surface area contributed by atoms with Crippen LogP contribution >= 0.6 is 34.5 Å². The molecule has 1 nitrogen and oxygen atoms in total. The molecule has 4 heteroatoms. The van der Waals surface area contributed by atoms with E-state index in [-0.39, 0.29) is 0 Å². The van der Waals surface area contributed by atoms with E-state index in [0.717, 1.165) is 11.1 Å². The first-order chi connectivity index (χ1) is 7.99. The van der Waals surface area contributed by atoms with Crippen molar-refractivity contribution in [2.24, 2.45) is 0 Å². The fraction of sp³-hybridized carbons (Fsp3) is 0.231. The molecule has 0 aliphatic heterocycles. The number of hydrogen-bond donors (Lipinski definition) is 1. The van der Waals surface area contributed by atoms with Gasteiger partial charge in [-0.2, -0.15) is 0 Å². The van der Waals surface area contributed by atoms with Gasteiger partial charge < -0.3 is 5.11 Å². The van der Waals surface area contributed by atoms with E-state index in [1.807, 2.05) is 32.0 Å². The lowest BCUT2D eigenvalue weighted by molar-refractivity contribution is 0.221. The molecule has 90 valence electrons. The molecule has 0 aliphatic rings. The number of benzene rings is 1. The summed E-state index contributed by atoms with van der Waals surface area (Å²) in [6.07, 6.45) is -0.717. The number of aliphatic hydroxyl groups is 1. The first-order valence-corrected chi connectivity index (χ1v) is 6.76. The summed E-state index contributed by atoms with van der Waals surface area (Å²) in [5, 5.41) is 10.3. The van der Waals surface area contributed by atoms with Gasteiger partial charge in [0.15, 0.2) is 0 Å². The predicted molar refractivity (Wildman–Crippen MR) is 74.3 cm³/mol. The van der Waals surface area contributed by atoms with Crippen LogP contribution in [-0.4, -0.2) is 5.11 Å². The van der Waals surface area contributed by atoms with Crippen LogP contribution in [0, 0.1) is 13.8 Å². The summed E-state index contributed by atoms with van der Waals surface area (Å²) in [4.78, 5) is 0. The monoisotopic (exact) mass is 286 g/mol. The Morgan fingerprint density at radius 3 is 2.35 bits per heavy atom. The van der Waals surface area contributed by atoms with Crippen molar-refractivity contribution in [2.75, 3.05) is 0 Å². The molecule has 1 aromatic carbocycles. The van der Waals surface area contributed by atoms with Gasteiger partial charge in [-0.3, -0.25) is 0 Å². The van der Waals surface area contributed by atoms with E-state index in [9.17, 15) is 5.11 Å². The highest BCUT2D eigenvalue weighted by Gasteiger charge is 2.17. The van der Waals surface area contributed by atoms with E-state index in [1.54, 1.807) is 6.07 Å². The first kappa shape index (κ1) is 12.9. The second-order valence-corrected chi connectivity index (χ2v) is 6.31. The number of aryl methyl sites for hydroxylation is 2. The van der Waals surface area contributed by atoms with Crippen LogP contribution < -0.4 is 0 Å². The van der Waals surface area contributed by atoms with Crippen LogP contribution in [-0.2, 0) is 0 Å². The summed E-state index contributed by atoms with van der Waals surface area (Å²) in [5.41, 5.74) is 3.86. The minimum atomic E-state index is -0.717. The van der Waals surface area contributed by atoms with Gasteiger partial charge in [0.05, 0.1) is 4.34 Å². The molecule has 1 heterocycles. The van der Waals surface area contributed by atoms with Crippen LogP contribution in [0.3, 0.4) is 0 Å². The third kappa shape index (κ3) is 2.66. The Bertz CT molecular complexity index is 548. The molecular weight excluding hydrogens is 275 g/mol. The van der Waals surface area contributed by atoms with Crippen LogP contribution in [0.25, 0.3) is 0 Å². The molecule has 1 N–H and O–H groups in total. The molecule has 0 saturated heterocycles. The smallest absolute Gasteiger partial charge is 0.106 e. The highest BCUT2D eigenvalue weighted by Crippen LogP contribution is 2.37. The minimum Gasteiger partial charge on any atom is -0.384 e. The molecular formula is C13H12Cl2OS. The zero-order valence-corrected chi connectivity index (χ0v) is 11.8. The Balaban J connectivity index is 2.40. The van der Waals surface area contributed by atoms with Crippen LogP contribution in [0.5, 0.6) is 0 Å². The topological polar surface area (TPSA) is 20.2 Å². The minimum absolute atomic E-state index is 0.542. The Morgan fingerprint density at radius 2 is 1.82 bits per heavy atom. The lowest BCUT2D eigenvalue weighted by Crippen LogP contribution is -1.99. The lowest BCUT2D eigenvalue weighted by Gasteiger charge is -2.12. The maximum atomic E-state index is 10.3. The number of aliphatic hydroxyl groups excluding tert-OH is 1. The number of thiophene rings is 1. The van der Waals surface area contributed by atoms with Gasteiger partial charge >= 0.3 is 0 Å². The summed E-state index contributed by atoms with van der Waals surface area (Å²) in [6.45, 7) is 4.06. The average Bonchev–Trinajstić information content (AvgIpc) is 2.61. The van der Waals surface area contributed by atoms with Gasteiger partial charge in [-0.15, -0.1) is 11.3 Å². The van der Waals surface area contributed by atoms with Crippen molar-refractivity contribution >= 4 is 34.5 Å². The van der Waals surface area contributed by atoms with E-state index in [1.165, 1.54) is 16.9 Å². The maximum Gasteiger partial charge on any atom is 0.106 e. The first-order valence-electron chi connectivity index (χ1n) is 5.19. The summed E-state index contributed by atoms with van der Waals surface area (Å²) in [7, 11) is 0. The fourth-order valence-electron chi connectivity index (χ4n) is 1.65. The predicted octanol–water partition coefficient (Wildman–Crippen LogP) is 4.75. The molecule has 1 atom stereocenters. The van der Waals surface area contributed by atoms with Crippen molar-refractivity contribution in [2.45, 2.75) is 20.0 Å². The second kappa shape index (κ2) is 4.99. The molecule has 2 rings (SSSR count). The highest BCUT2D eigenvalue weighted by atomic mass is 35.5. The average molecular weight is 287 g/mol. The molecule has 0 radical (unpaired) electrons. The Morgan fingerprint density at radius 1 is 1.12 bits per heavy atom. The van der Waals surface area contributed by atoms with Crippen molar-refractivity contribution in [3.8, 4) is 0 Å². The number of halogens is 2. The molecule has 0 spiro atoms. The maximum absolute atomic E-state index is 10.3. The summed E-state index contributed by atoms with van der Waals surface area (Å²) >= 11 is 13.2. The van der Waals surface area contributed by atoms with Crippen LogP contribution in [0.4, 0.5) is 0 Å². The van der Waals surface area contributed by atoms with Gasteiger partial charge in [-0.05, 0) is 36.6 Å². The highest BCUT2D eigenvalue weighted by molar-refractivity contribution is 7.20. The van der Waals surface area contributed by atoms with Gasteiger partial charge in [0.25, 0.3) is 0 Å². The van der Waals surface area contributed by atoms with Crippen molar-refractivity contribution in [3.05, 3.63) is 55.2 Å². The van der Waals surface area contributed by atoms with Gasteiger partial charge in [0, 0.05) is 5.56 Å². The zero-order valence-electron chi connectivity index (χ0n) is 9.50. The van der Waals surface area contributed by atoms with Crippen molar-refractivity contribution in [3.63, 3.8) is 0 Å². The number of rotatable bonds is 2. The van der Waals surface area contributed by atoms with Gasteiger partial charge in [0.1, 0.15) is 10.4 Å². The lowest BCUT2D eigenvalue weighted by atomic mass is 10.00. The standard InChI is InChI=1S/C13H12Cl2OS/c1-7-3-4-9(5-8(7)2)12(16)10-6-11(14)17-13(10)15/h3-6,12,16H,1-2H3. The second-order valence-electron chi connectivity index (χ2n) is 4.03. The zero-order chi connectivity index (χ0) is 12.6. The largest absolute Gasteiger partial charge is 0.384 e. The van der Waals surface area contributed by atoms with Gasteiger partial charge in [0.2, 0.25) is 0 Å². The molecule has 0 bridgehead atoms. The molecule has 0 aliphatic carbocycles. The Kier molecular flexibility index (Phi) is 3.79.